The van der Waals surface area contributed by atoms with Gasteiger partial charge >= 0.3 is 0 Å². The van der Waals surface area contributed by atoms with Crippen LogP contribution in [-0.2, 0) is 0 Å². The Balaban J connectivity index is 0. The SMILES string of the molecule is [K].[K].[K].[K].[K].[K].[K].[K].[K].[K].[Sb].[Sb].[Sb].[Sb].[Sb].[Sb].[Sn].[Sn]. The second-order valence-corrected chi connectivity index (χ2v) is 0. The molecule has 0 N–H and O–H groups in total. The van der Waals surface area contributed by atoms with Crippen LogP contribution in [0, 0.1) is 0 Å². The zero-order chi connectivity index (χ0) is 0. The van der Waals surface area contributed by atoms with Crippen LogP contribution in [0.25, 0.3) is 0 Å². The summed E-state index contributed by atoms with van der Waals surface area (Å²) in [6.45, 7) is 0. The van der Waals surface area contributed by atoms with E-state index < -0.39 is 0 Å². The van der Waals surface area contributed by atoms with Crippen LogP contribution in [0.5, 0.6) is 0 Å². The number of hydrogen-bond acceptors (Lipinski definition) is 0. The van der Waals surface area contributed by atoms with Crippen molar-refractivity contribution in [2.45, 2.75) is 0 Å². The summed E-state index contributed by atoms with van der Waals surface area (Å²) in [4.78, 5) is 0. The average Bonchev–Trinajstić information content (AvgIpc) is 0. The molecule has 48 valence electrons. The van der Waals surface area contributed by atoms with E-state index in [0.717, 1.165) is 0 Å². The molecule has 0 amide bonds. The molecule has 0 aliphatic carbocycles. The van der Waals surface area contributed by atoms with E-state index in [1.165, 1.54) is 0 Å². The fraction of sp³-hybridized carbons (Fsp3) is 0. The summed E-state index contributed by atoms with van der Waals surface area (Å²) in [6, 6.07) is 0. The van der Waals surface area contributed by atoms with Crippen LogP contribution in [0.3, 0.4) is 0 Å². The Kier molecular flexibility index (Phi) is 795. The Morgan fingerprint density at radius 1 is 0.167 bits per heavy atom. The smallest absolute Gasteiger partial charge is 0 e. The van der Waals surface area contributed by atoms with E-state index in [9.17, 15) is 0 Å². The van der Waals surface area contributed by atoms with Gasteiger partial charge in [-0.05, 0) is 0 Å². The minimum Gasteiger partial charge on any atom is 0 e. The van der Waals surface area contributed by atoms with Gasteiger partial charge in [-0.3, -0.25) is 0 Å². The molecule has 0 saturated carbocycles. The first-order valence-electron chi connectivity index (χ1n) is 0. The largest absolute Gasteiger partial charge is 0 e. The monoisotopic (exact) mass is 1350 g/mol. The Labute approximate surface area is 678 Å². The molecule has 0 unspecified atom stereocenters. The van der Waals surface area contributed by atoms with Crippen LogP contribution in [0.2, 0.25) is 0 Å². The van der Waals surface area contributed by atoms with Crippen LogP contribution in [0.1, 0.15) is 0 Å². The molecule has 0 rings (SSSR count). The summed E-state index contributed by atoms with van der Waals surface area (Å²) in [7, 11) is 0. The fourth-order valence-corrected chi connectivity index (χ4v) is 0. The van der Waals surface area contributed by atoms with E-state index in [1.54, 1.807) is 0 Å². The van der Waals surface area contributed by atoms with Gasteiger partial charge in [0.2, 0.25) is 0 Å². The molecule has 18 heavy (non-hydrogen) atoms. The van der Waals surface area contributed by atoms with E-state index in [1.807, 2.05) is 0 Å². The summed E-state index contributed by atoms with van der Waals surface area (Å²) in [5.41, 5.74) is 0. The van der Waals surface area contributed by atoms with Crippen molar-refractivity contribution in [3.63, 3.8) is 0 Å². The molecular formula is K10Sb6Sn2. The Hall–Kier alpha value is 22.9. The molecule has 0 aromatic carbocycles. The number of rotatable bonds is 0. The van der Waals surface area contributed by atoms with E-state index in [-0.39, 0.29) is 708 Å². The first-order valence-corrected chi connectivity index (χ1v) is 0. The third-order valence-electron chi connectivity index (χ3n) is 0. The van der Waals surface area contributed by atoms with Crippen molar-refractivity contribution in [3.05, 3.63) is 0 Å². The molecule has 0 aliphatic rings. The van der Waals surface area contributed by atoms with E-state index in [0.29, 0.717) is 0 Å². The molecule has 0 saturated heterocycles. The molecule has 0 aliphatic heterocycles. The molecule has 0 spiro atoms. The maximum atomic E-state index is 0. The van der Waals surface area contributed by atoms with Crippen LogP contribution >= 0.6 is 0 Å². The molecule has 0 aromatic heterocycles. The van der Waals surface area contributed by atoms with Crippen molar-refractivity contribution >= 4 is 708 Å². The Morgan fingerprint density at radius 2 is 0.167 bits per heavy atom. The Bertz CT molecular complexity index is 24.3. The van der Waals surface area contributed by atoms with Crippen molar-refractivity contribution in [1.82, 2.24) is 0 Å². The van der Waals surface area contributed by atoms with Gasteiger partial charge < -0.3 is 0 Å². The van der Waals surface area contributed by atoms with Gasteiger partial charge in [-0.1, -0.05) is 0 Å². The molecule has 0 bridgehead atoms. The predicted octanol–water partition coefficient (Wildman–Crippen LogP) is -6.85. The second-order valence-electron chi connectivity index (χ2n) is 0. The van der Waals surface area contributed by atoms with Crippen LogP contribution in [-0.4, -0.2) is 708 Å². The van der Waals surface area contributed by atoms with E-state index >= 15 is 0 Å². The average molecular weight is 1360 g/mol. The van der Waals surface area contributed by atoms with Gasteiger partial charge in [-0.25, -0.2) is 0 Å². The summed E-state index contributed by atoms with van der Waals surface area (Å²) in [5, 5.41) is 0. The maximum absolute atomic E-state index is 0. The van der Waals surface area contributed by atoms with Gasteiger partial charge in [0, 0.05) is 708 Å². The first-order chi connectivity index (χ1) is 0. The van der Waals surface area contributed by atoms with Gasteiger partial charge in [-0.2, -0.15) is 0 Å². The van der Waals surface area contributed by atoms with Crippen LogP contribution in [0.15, 0.2) is 0 Å². The first kappa shape index (κ1) is 124. The van der Waals surface area contributed by atoms with E-state index in [2.05, 4.69) is 0 Å². The van der Waals surface area contributed by atoms with Crippen molar-refractivity contribution in [3.8, 4) is 0 Å². The van der Waals surface area contributed by atoms with Crippen LogP contribution in [0.4, 0.5) is 0 Å². The fourth-order valence-electron chi connectivity index (χ4n) is 0. The standard InChI is InChI=1S/10K.6Sb.2Sn. The van der Waals surface area contributed by atoms with Crippen molar-refractivity contribution < 1.29 is 0 Å². The molecule has 0 nitrogen and oxygen atoms in total. The summed E-state index contributed by atoms with van der Waals surface area (Å²) >= 11 is 0. The van der Waals surface area contributed by atoms with Gasteiger partial charge in [0.25, 0.3) is 0 Å². The van der Waals surface area contributed by atoms with Crippen LogP contribution < -0.4 is 0 Å². The zero-order valence-corrected chi connectivity index (χ0v) is 65.9. The third-order valence-corrected chi connectivity index (χ3v) is 0. The molecular weight excluding hydrogens is 1360 g/mol. The molecule has 36 radical (unpaired) electrons. The topological polar surface area (TPSA) is 0 Å². The summed E-state index contributed by atoms with van der Waals surface area (Å²) < 4.78 is 0. The Morgan fingerprint density at radius 3 is 0.167 bits per heavy atom. The van der Waals surface area contributed by atoms with Gasteiger partial charge in [0.05, 0.1) is 0 Å². The molecule has 18 heteroatoms. The maximum Gasteiger partial charge on any atom is 0 e. The number of hydrogen-bond donors (Lipinski definition) is 0. The van der Waals surface area contributed by atoms with Crippen molar-refractivity contribution in [1.29, 1.82) is 0 Å². The quantitative estimate of drug-likeness (QED) is 0.212. The zero-order valence-electron chi connectivity index (χ0n) is 13.7. The van der Waals surface area contributed by atoms with Crippen molar-refractivity contribution in [2.24, 2.45) is 0 Å². The minimum absolute atomic E-state index is 0. The summed E-state index contributed by atoms with van der Waals surface area (Å²) in [5.74, 6) is 0. The van der Waals surface area contributed by atoms with E-state index in [4.69, 9.17) is 0 Å². The minimum atomic E-state index is 0. The molecule has 0 fully saturated rings. The van der Waals surface area contributed by atoms with Gasteiger partial charge in [0.15, 0.2) is 0 Å². The molecule has 0 atom stereocenters. The second kappa shape index (κ2) is 115. The molecule has 0 heterocycles. The normalized spacial score (nSPS) is 0. The summed E-state index contributed by atoms with van der Waals surface area (Å²) in [6.07, 6.45) is 0. The third kappa shape index (κ3) is 107. The van der Waals surface area contributed by atoms with Gasteiger partial charge in [-0.15, -0.1) is 0 Å². The van der Waals surface area contributed by atoms with Crippen molar-refractivity contribution in [2.75, 3.05) is 0 Å². The predicted molar refractivity (Wildman–Crippen MR) is 104 cm³/mol. The molecule has 0 aromatic rings. The van der Waals surface area contributed by atoms with Gasteiger partial charge in [0.1, 0.15) is 0 Å².